The van der Waals surface area contributed by atoms with Crippen molar-refractivity contribution in [1.82, 2.24) is 14.8 Å². The molecule has 1 aromatic heterocycles. The van der Waals surface area contributed by atoms with Crippen LogP contribution in [0.5, 0.6) is 0 Å². The zero-order valence-electron chi connectivity index (χ0n) is 20.4. The maximum absolute atomic E-state index is 13.7. The van der Waals surface area contributed by atoms with Gasteiger partial charge in [-0.25, -0.2) is 0 Å². The molecular formula is C30H28N4O3. The summed E-state index contributed by atoms with van der Waals surface area (Å²) in [5.74, 6) is -0.778. The number of rotatable bonds is 5. The number of carbonyl (C=O) groups excluding carboxylic acids is 3. The molecule has 1 atom stereocenters. The molecule has 0 saturated carbocycles. The number of hydrogen-bond acceptors (Lipinski definition) is 3. The third-order valence-corrected chi connectivity index (χ3v) is 7.70. The van der Waals surface area contributed by atoms with Crippen molar-refractivity contribution in [1.29, 1.82) is 0 Å². The largest absolute Gasteiger partial charge is 0.369 e. The van der Waals surface area contributed by atoms with Gasteiger partial charge >= 0.3 is 0 Å². The summed E-state index contributed by atoms with van der Waals surface area (Å²) in [5.41, 5.74) is 10.9. The fraction of sp³-hybridized carbons (Fsp3) is 0.233. The third kappa shape index (κ3) is 3.96. The lowest BCUT2D eigenvalue weighted by molar-refractivity contribution is -0.135. The maximum atomic E-state index is 13.7. The molecule has 2 aliphatic rings. The second-order valence-corrected chi connectivity index (χ2v) is 9.81. The molecule has 0 aliphatic carbocycles. The van der Waals surface area contributed by atoms with E-state index in [0.29, 0.717) is 31.5 Å². The van der Waals surface area contributed by atoms with Crippen molar-refractivity contribution in [2.75, 3.05) is 19.6 Å². The number of primary amides is 1. The minimum atomic E-state index is -0.415. The number of piperidine rings is 1. The summed E-state index contributed by atoms with van der Waals surface area (Å²) >= 11 is 0. The van der Waals surface area contributed by atoms with E-state index >= 15 is 0 Å². The van der Waals surface area contributed by atoms with E-state index in [-0.39, 0.29) is 30.2 Å². The summed E-state index contributed by atoms with van der Waals surface area (Å²) in [5, 5.41) is 1.02. The topological polar surface area (TPSA) is 99.5 Å². The van der Waals surface area contributed by atoms with Crippen molar-refractivity contribution in [2.45, 2.75) is 18.9 Å². The molecule has 186 valence electrons. The average Bonchev–Trinajstić information content (AvgIpc) is 3.44. The second-order valence-electron chi connectivity index (χ2n) is 9.81. The Hall–Kier alpha value is -4.39. The first-order chi connectivity index (χ1) is 18.0. The summed E-state index contributed by atoms with van der Waals surface area (Å²) in [6, 6.07) is 25.4. The Morgan fingerprint density at radius 3 is 2.32 bits per heavy atom. The lowest BCUT2D eigenvalue weighted by atomic mass is 9.93. The van der Waals surface area contributed by atoms with Gasteiger partial charge in [-0.1, -0.05) is 66.7 Å². The number of para-hydroxylation sites is 1. The van der Waals surface area contributed by atoms with Crippen LogP contribution in [0.25, 0.3) is 22.2 Å². The minimum Gasteiger partial charge on any atom is -0.369 e. The van der Waals surface area contributed by atoms with Gasteiger partial charge in [-0.3, -0.25) is 14.4 Å². The van der Waals surface area contributed by atoms with E-state index in [1.807, 2.05) is 60.7 Å². The van der Waals surface area contributed by atoms with Crippen molar-refractivity contribution < 1.29 is 14.4 Å². The highest BCUT2D eigenvalue weighted by Gasteiger charge is 2.41. The molecule has 37 heavy (non-hydrogen) atoms. The van der Waals surface area contributed by atoms with E-state index in [0.717, 1.165) is 33.3 Å². The molecular weight excluding hydrogens is 464 g/mol. The minimum absolute atomic E-state index is 0.0346. The number of fused-ring (bicyclic) bond motifs is 2. The quantitative estimate of drug-likeness (QED) is 0.439. The molecule has 6 rings (SSSR count). The summed E-state index contributed by atoms with van der Waals surface area (Å²) in [6.45, 7) is 0.899. The number of nitrogens with zero attached hydrogens (tertiary/aromatic N) is 2. The van der Waals surface area contributed by atoms with Gasteiger partial charge in [0.15, 0.2) is 0 Å². The van der Waals surface area contributed by atoms with Crippen LogP contribution in [0.15, 0.2) is 78.9 Å². The Morgan fingerprint density at radius 2 is 1.57 bits per heavy atom. The predicted octanol–water partition coefficient (Wildman–Crippen LogP) is 4.10. The number of benzene rings is 3. The first-order valence-corrected chi connectivity index (χ1v) is 12.7. The predicted molar refractivity (Wildman–Crippen MR) is 142 cm³/mol. The smallest absolute Gasteiger partial charge is 0.255 e. The van der Waals surface area contributed by atoms with E-state index in [9.17, 15) is 14.4 Å². The van der Waals surface area contributed by atoms with Crippen molar-refractivity contribution in [3.8, 4) is 11.3 Å². The zero-order valence-corrected chi connectivity index (χ0v) is 20.4. The number of amides is 3. The van der Waals surface area contributed by atoms with Gasteiger partial charge in [0.25, 0.3) is 5.91 Å². The highest BCUT2D eigenvalue weighted by Crippen LogP contribution is 2.45. The monoisotopic (exact) mass is 492 g/mol. The molecule has 1 fully saturated rings. The lowest BCUT2D eigenvalue weighted by Gasteiger charge is -2.33. The number of nitrogens with one attached hydrogen (secondary N) is 1. The first-order valence-electron chi connectivity index (χ1n) is 12.7. The van der Waals surface area contributed by atoms with Gasteiger partial charge in [0.1, 0.15) is 6.54 Å². The number of nitrogens with two attached hydrogens (primary N) is 1. The summed E-state index contributed by atoms with van der Waals surface area (Å²) in [4.78, 5) is 45.8. The number of hydrogen-bond donors (Lipinski definition) is 2. The van der Waals surface area contributed by atoms with Gasteiger partial charge in [-0.15, -0.1) is 0 Å². The lowest BCUT2D eigenvalue weighted by Crippen LogP contribution is -2.46. The molecule has 0 bridgehead atoms. The van der Waals surface area contributed by atoms with Gasteiger partial charge < -0.3 is 20.5 Å². The van der Waals surface area contributed by atoms with Crippen molar-refractivity contribution in [3.63, 3.8) is 0 Å². The SMILES string of the molecule is NC(=O)C1CCN(C(=O)CN2C(=O)c3ccccc3[C@@H]2c2c(-c3ccccc3)[nH]c3ccccc23)CC1. The van der Waals surface area contributed by atoms with E-state index in [1.54, 1.807) is 9.80 Å². The molecule has 3 heterocycles. The molecule has 0 unspecified atom stereocenters. The Kier molecular flexibility index (Phi) is 5.75. The summed E-state index contributed by atoms with van der Waals surface area (Å²) < 4.78 is 0. The second kappa shape index (κ2) is 9.24. The number of aromatic amines is 1. The fourth-order valence-corrected chi connectivity index (χ4v) is 5.78. The number of aromatic nitrogens is 1. The van der Waals surface area contributed by atoms with Crippen LogP contribution in [0.4, 0.5) is 0 Å². The van der Waals surface area contributed by atoms with Crippen LogP contribution >= 0.6 is 0 Å². The number of carbonyl (C=O) groups is 3. The van der Waals surface area contributed by atoms with Crippen molar-refractivity contribution in [3.05, 3.63) is 95.6 Å². The van der Waals surface area contributed by atoms with Crippen LogP contribution < -0.4 is 5.73 Å². The van der Waals surface area contributed by atoms with Gasteiger partial charge in [0.2, 0.25) is 11.8 Å². The molecule has 7 heteroatoms. The molecule has 7 nitrogen and oxygen atoms in total. The number of H-pyrrole nitrogens is 1. The van der Waals surface area contributed by atoms with Crippen LogP contribution in [-0.2, 0) is 9.59 Å². The van der Waals surface area contributed by atoms with Crippen LogP contribution in [0.1, 0.15) is 40.4 Å². The Balaban J connectivity index is 1.42. The van der Waals surface area contributed by atoms with Crippen molar-refractivity contribution >= 4 is 28.6 Å². The van der Waals surface area contributed by atoms with E-state index in [1.165, 1.54) is 0 Å². The van der Waals surface area contributed by atoms with Crippen molar-refractivity contribution in [2.24, 2.45) is 11.7 Å². The zero-order chi connectivity index (χ0) is 25.5. The number of likely N-dealkylation sites (tertiary alicyclic amines) is 1. The standard InChI is InChI=1S/C30H28N4O3/c31-29(36)20-14-16-33(17-15-20)25(35)18-34-28(21-10-4-5-11-22(21)30(34)37)26-23-12-6-7-13-24(23)32-27(26)19-8-2-1-3-9-19/h1-13,20,28,32H,14-18H2,(H2,31,36)/t28-/m1/s1. The normalized spacial score (nSPS) is 17.8. The van der Waals surface area contributed by atoms with Crippen LogP contribution in [0, 0.1) is 5.92 Å². The highest BCUT2D eigenvalue weighted by molar-refractivity contribution is 6.03. The Labute approximate surface area is 214 Å². The van der Waals surface area contributed by atoms with Crippen LogP contribution in [0.2, 0.25) is 0 Å². The van der Waals surface area contributed by atoms with Crippen LogP contribution in [-0.4, -0.2) is 52.1 Å². The molecule has 2 aliphatic heterocycles. The molecule has 4 aromatic rings. The third-order valence-electron chi connectivity index (χ3n) is 7.70. The first kappa shape index (κ1) is 23.0. The summed E-state index contributed by atoms with van der Waals surface area (Å²) in [6.07, 6.45) is 1.11. The van der Waals surface area contributed by atoms with Gasteiger partial charge in [-0.2, -0.15) is 0 Å². The average molecular weight is 493 g/mol. The molecule has 3 aromatic carbocycles. The molecule has 3 amide bonds. The molecule has 1 saturated heterocycles. The fourth-order valence-electron chi connectivity index (χ4n) is 5.78. The van der Waals surface area contributed by atoms with Gasteiger partial charge in [0.05, 0.1) is 11.7 Å². The molecule has 3 N–H and O–H groups in total. The Morgan fingerprint density at radius 1 is 0.892 bits per heavy atom. The molecule has 0 radical (unpaired) electrons. The molecule has 0 spiro atoms. The van der Waals surface area contributed by atoms with E-state index in [4.69, 9.17) is 5.73 Å². The van der Waals surface area contributed by atoms with E-state index < -0.39 is 6.04 Å². The Bertz CT molecular complexity index is 1500. The highest BCUT2D eigenvalue weighted by atomic mass is 16.2. The summed E-state index contributed by atoms with van der Waals surface area (Å²) in [7, 11) is 0. The van der Waals surface area contributed by atoms with E-state index in [2.05, 4.69) is 23.2 Å². The van der Waals surface area contributed by atoms with Crippen LogP contribution in [0.3, 0.4) is 0 Å². The van der Waals surface area contributed by atoms with Gasteiger partial charge in [0, 0.05) is 41.0 Å². The maximum Gasteiger partial charge on any atom is 0.255 e. The van der Waals surface area contributed by atoms with Gasteiger partial charge in [-0.05, 0) is 36.1 Å².